The molecule has 3 aliphatic rings. The van der Waals surface area contributed by atoms with Gasteiger partial charge in [-0.05, 0) is 55.2 Å². The summed E-state index contributed by atoms with van der Waals surface area (Å²) in [6.45, 7) is 10.2. The molecule has 15 nitrogen and oxygen atoms in total. The molecule has 3 saturated heterocycles. The van der Waals surface area contributed by atoms with Gasteiger partial charge in [0, 0.05) is 86.1 Å². The predicted molar refractivity (Wildman–Crippen MR) is 243 cm³/mol. The maximum atomic E-state index is 16.3. The van der Waals surface area contributed by atoms with Gasteiger partial charge in [-0.15, -0.1) is 11.3 Å². The average molecular weight is 910 g/mol. The highest BCUT2D eigenvalue weighted by Gasteiger charge is 2.35. The fraction of sp³-hybridized carbons (Fsp3) is 0.413. The number of piperidine rings is 2. The monoisotopic (exact) mass is 909 g/mol. The van der Waals surface area contributed by atoms with E-state index in [1.165, 1.54) is 17.4 Å². The van der Waals surface area contributed by atoms with Gasteiger partial charge in [0.1, 0.15) is 28.7 Å². The molecule has 8 rings (SSSR count). The second-order valence-electron chi connectivity index (χ2n) is 17.6. The summed E-state index contributed by atoms with van der Waals surface area (Å²) in [6.07, 6.45) is 6.23. The standard InChI is InChI=1S/C46H52FN9O6S2/c1-5-36(64(48,60)61)33-10-7-11-34(39(33)47)40-41(63-44(54-40)46(2,3)4)35-16-20-49-45(52-35)51-29-8-6-9-31(24-29)62-30-18-22-55(23-19-30)43(59)28-17-21-56(26-28)37-14-12-27(25-50-37)32-13-15-38(57)53-42(32)58/h6-12,14,16,20,24-25,28,30,32,36H,5,13,15,17-19,21-23,26H2,1-4H3,(H2,48,60,61)(H,49,51,52)(H,53,57,58)/t28-,32+,36?/m1/s1. The summed E-state index contributed by atoms with van der Waals surface area (Å²) in [5, 5.41) is 10.7. The van der Waals surface area contributed by atoms with Crippen molar-refractivity contribution in [3.8, 4) is 27.6 Å². The summed E-state index contributed by atoms with van der Waals surface area (Å²) < 4.78 is 47.5. The van der Waals surface area contributed by atoms with Crippen LogP contribution in [0.25, 0.3) is 21.8 Å². The van der Waals surface area contributed by atoms with E-state index in [2.05, 4.69) is 25.5 Å². The first-order valence-electron chi connectivity index (χ1n) is 21.6. The molecule has 3 atom stereocenters. The number of amides is 3. The van der Waals surface area contributed by atoms with Crippen LogP contribution in [0.4, 0.5) is 21.8 Å². The number of aromatic nitrogens is 4. The van der Waals surface area contributed by atoms with Crippen LogP contribution in [-0.4, -0.2) is 83.3 Å². The maximum Gasteiger partial charge on any atom is 0.234 e. The summed E-state index contributed by atoms with van der Waals surface area (Å²) >= 11 is 1.39. The third-order valence-electron chi connectivity index (χ3n) is 12.0. The number of halogens is 1. The molecule has 64 heavy (non-hydrogen) atoms. The van der Waals surface area contributed by atoms with Gasteiger partial charge in [-0.25, -0.2) is 37.9 Å². The van der Waals surface area contributed by atoms with Crippen molar-refractivity contribution in [2.24, 2.45) is 11.1 Å². The zero-order valence-corrected chi connectivity index (χ0v) is 37.8. The number of carbonyl (C=O) groups is 3. The minimum Gasteiger partial charge on any atom is -0.490 e. The highest BCUT2D eigenvalue weighted by molar-refractivity contribution is 7.89. The number of thiazole rings is 1. The van der Waals surface area contributed by atoms with Gasteiger partial charge in [-0.1, -0.05) is 52.0 Å². The van der Waals surface area contributed by atoms with E-state index in [0.29, 0.717) is 85.5 Å². The molecule has 3 amide bonds. The van der Waals surface area contributed by atoms with Crippen LogP contribution in [0.3, 0.4) is 0 Å². The zero-order valence-electron chi connectivity index (χ0n) is 36.2. The van der Waals surface area contributed by atoms with Crippen molar-refractivity contribution in [1.82, 2.24) is 30.2 Å². The number of nitrogens with one attached hydrogen (secondary N) is 2. The Balaban J connectivity index is 0.890. The van der Waals surface area contributed by atoms with Crippen LogP contribution in [0.15, 0.2) is 73.1 Å². The van der Waals surface area contributed by atoms with Crippen molar-refractivity contribution in [3.05, 3.63) is 95.0 Å². The molecule has 0 bridgehead atoms. The number of anilines is 3. The van der Waals surface area contributed by atoms with Crippen molar-refractivity contribution in [2.45, 2.75) is 88.9 Å². The van der Waals surface area contributed by atoms with E-state index in [1.54, 1.807) is 37.5 Å². The molecule has 18 heteroatoms. The van der Waals surface area contributed by atoms with Gasteiger partial charge in [0.25, 0.3) is 0 Å². The molecule has 3 fully saturated rings. The Hall–Kier alpha value is -5.85. The van der Waals surface area contributed by atoms with E-state index in [4.69, 9.17) is 19.8 Å². The summed E-state index contributed by atoms with van der Waals surface area (Å²) in [6, 6.07) is 17.7. The van der Waals surface area contributed by atoms with Crippen LogP contribution in [0.2, 0.25) is 0 Å². The quantitative estimate of drug-likeness (QED) is 0.108. The highest BCUT2D eigenvalue weighted by atomic mass is 32.2. The van der Waals surface area contributed by atoms with Gasteiger partial charge in [0.15, 0.2) is 0 Å². The number of primary sulfonamides is 1. The van der Waals surface area contributed by atoms with Crippen LogP contribution in [0.1, 0.15) is 93.5 Å². The normalized spacial score (nSPS) is 19.1. The van der Waals surface area contributed by atoms with Gasteiger partial charge >= 0.3 is 0 Å². The third-order valence-corrected chi connectivity index (χ3v) is 14.9. The Morgan fingerprint density at radius 2 is 1.80 bits per heavy atom. The Morgan fingerprint density at radius 3 is 2.50 bits per heavy atom. The van der Waals surface area contributed by atoms with Crippen molar-refractivity contribution < 1.29 is 31.9 Å². The number of likely N-dealkylation sites (tertiary alicyclic amines) is 1. The molecule has 336 valence electrons. The lowest BCUT2D eigenvalue weighted by atomic mass is 9.92. The summed E-state index contributed by atoms with van der Waals surface area (Å²) in [5.74, 6) is 0.121. The number of nitrogens with two attached hydrogens (primary N) is 1. The minimum atomic E-state index is -4.06. The number of nitrogens with zero attached hydrogens (tertiary/aromatic N) is 6. The third kappa shape index (κ3) is 9.78. The number of rotatable bonds is 12. The highest BCUT2D eigenvalue weighted by Crippen LogP contribution is 2.43. The van der Waals surface area contributed by atoms with E-state index in [-0.39, 0.29) is 58.6 Å². The number of pyridine rings is 1. The number of benzene rings is 2. The molecule has 1 unspecified atom stereocenters. The molecule has 2 aromatic carbocycles. The second-order valence-corrected chi connectivity index (χ2v) is 20.3. The molecular formula is C46H52FN9O6S2. The number of ether oxygens (including phenoxy) is 1. The van der Waals surface area contributed by atoms with Gasteiger partial charge in [0.05, 0.1) is 33.1 Å². The Bertz CT molecular complexity index is 2660. The Kier molecular flexibility index (Phi) is 12.8. The molecule has 0 saturated carbocycles. The summed E-state index contributed by atoms with van der Waals surface area (Å²) in [7, 11) is -4.06. The molecule has 5 aromatic rings. The molecule has 6 heterocycles. The molecule has 3 aliphatic heterocycles. The topological polar surface area (TPSA) is 203 Å². The minimum absolute atomic E-state index is 0.00532. The van der Waals surface area contributed by atoms with Gasteiger partial charge in [-0.2, -0.15) is 0 Å². The number of sulfonamides is 1. The molecule has 0 radical (unpaired) electrons. The maximum absolute atomic E-state index is 16.3. The molecule has 0 aliphatic carbocycles. The lowest BCUT2D eigenvalue weighted by Gasteiger charge is -2.33. The number of imide groups is 1. The molecule has 4 N–H and O–H groups in total. The largest absolute Gasteiger partial charge is 0.490 e. The Labute approximate surface area is 376 Å². The Morgan fingerprint density at radius 1 is 1.02 bits per heavy atom. The summed E-state index contributed by atoms with van der Waals surface area (Å²) in [4.78, 5) is 60.9. The molecule has 0 spiro atoms. The van der Waals surface area contributed by atoms with E-state index in [0.717, 1.165) is 22.8 Å². The second kappa shape index (κ2) is 18.3. The van der Waals surface area contributed by atoms with Gasteiger partial charge in [-0.3, -0.25) is 19.7 Å². The van der Waals surface area contributed by atoms with Crippen LogP contribution in [-0.2, 0) is 29.8 Å². The lowest BCUT2D eigenvalue weighted by molar-refractivity contribution is -0.137. The van der Waals surface area contributed by atoms with Crippen LogP contribution in [0.5, 0.6) is 5.75 Å². The smallest absolute Gasteiger partial charge is 0.234 e. The predicted octanol–water partition coefficient (Wildman–Crippen LogP) is 7.00. The SMILES string of the molecule is CCC(c1cccc(-c2nc(C(C)(C)C)sc2-c2ccnc(Nc3cccc(OC4CCN(C(=O)[C@@H]5CCN(c6ccc([C@@H]7CCC(=O)NC7=O)cn6)C5)CC4)c3)n2)c1F)S(N)(=O)=O. The number of hydrogen-bond acceptors (Lipinski definition) is 13. The fourth-order valence-electron chi connectivity index (χ4n) is 8.55. The average Bonchev–Trinajstić information content (AvgIpc) is 3.94. The van der Waals surface area contributed by atoms with Crippen molar-refractivity contribution >= 4 is 56.5 Å². The first-order chi connectivity index (χ1) is 30.5. The van der Waals surface area contributed by atoms with Crippen LogP contribution < -0.4 is 25.4 Å². The van der Waals surface area contributed by atoms with Crippen molar-refractivity contribution in [2.75, 3.05) is 36.4 Å². The molecule has 3 aromatic heterocycles. The lowest BCUT2D eigenvalue weighted by Crippen LogP contribution is -2.44. The fourth-order valence-corrected chi connectivity index (χ4v) is 10.7. The van der Waals surface area contributed by atoms with Gasteiger partial charge in [0.2, 0.25) is 33.7 Å². The van der Waals surface area contributed by atoms with E-state index < -0.39 is 21.1 Å². The van der Waals surface area contributed by atoms with Crippen molar-refractivity contribution in [3.63, 3.8) is 0 Å². The van der Waals surface area contributed by atoms with Crippen LogP contribution in [0, 0.1) is 11.7 Å². The van der Waals surface area contributed by atoms with E-state index in [1.807, 2.05) is 62.1 Å². The van der Waals surface area contributed by atoms with E-state index >= 15 is 4.39 Å². The van der Waals surface area contributed by atoms with Gasteiger partial charge < -0.3 is 19.9 Å². The number of hydrogen-bond donors (Lipinski definition) is 3. The summed E-state index contributed by atoms with van der Waals surface area (Å²) in [5.41, 5.74) is 2.12. The molecular weight excluding hydrogens is 858 g/mol. The van der Waals surface area contributed by atoms with E-state index in [9.17, 15) is 22.8 Å². The number of carbonyl (C=O) groups excluding carboxylic acids is 3. The first-order valence-corrected chi connectivity index (χ1v) is 24.0. The van der Waals surface area contributed by atoms with Crippen LogP contribution >= 0.6 is 11.3 Å². The zero-order chi connectivity index (χ0) is 45.3. The first kappa shape index (κ1) is 44.7. The van der Waals surface area contributed by atoms with Crippen molar-refractivity contribution in [1.29, 1.82) is 0 Å².